The second-order valence-corrected chi connectivity index (χ2v) is 0. The minimum absolute atomic E-state index is 0. The van der Waals surface area contributed by atoms with E-state index in [2.05, 4.69) is 0 Å². The molecule has 0 heterocycles. The minimum Gasteiger partial charge on any atom is -0.512 e. The summed E-state index contributed by atoms with van der Waals surface area (Å²) in [5.74, 6) is 0. The molecule has 0 aliphatic carbocycles. The Bertz CT molecular complexity index is 18.3. The molecule has 0 spiro atoms. The van der Waals surface area contributed by atoms with Crippen LogP contribution in [0.4, 0.5) is 0 Å². The zero-order valence-electron chi connectivity index (χ0n) is 2.30. The molecule has 0 aliphatic rings. The summed E-state index contributed by atoms with van der Waals surface area (Å²) in [5.41, 5.74) is 0. The fourth-order valence-corrected chi connectivity index (χ4v) is 0. The Labute approximate surface area is 78.7 Å². The summed E-state index contributed by atoms with van der Waals surface area (Å²) in [6.07, 6.45) is 0. The predicted octanol–water partition coefficient (Wildman–Crippen LogP) is 0.0864. The van der Waals surface area contributed by atoms with E-state index in [1.807, 2.05) is 0 Å². The molecule has 5 heteroatoms. The predicted molar refractivity (Wildman–Crippen MR) is 4.97 cm³/mol. The molecule has 0 aromatic carbocycles. The van der Waals surface area contributed by atoms with E-state index in [9.17, 15) is 0 Å². The Kier molecular flexibility index (Phi) is 714. The van der Waals surface area contributed by atoms with E-state index in [-0.39, 0.29) is 67.4 Å². The average molecular weight is 255 g/mol. The van der Waals surface area contributed by atoms with Gasteiger partial charge in [0.15, 0.2) is 0 Å². The standard InChI is InChI=1S/CN.Co.2Fe.Ni/c1-2;;;;/q-1;;;;. The van der Waals surface area contributed by atoms with Gasteiger partial charge in [-0.25, -0.2) is 0 Å². The van der Waals surface area contributed by atoms with Crippen molar-refractivity contribution in [2.75, 3.05) is 0 Å². The van der Waals surface area contributed by atoms with Crippen LogP contribution in [0.2, 0.25) is 0 Å². The average Bonchev–Trinajstić information content (AvgIpc) is 1.00. The molecular weight excluding hydrogens is 255 g/mol. The van der Waals surface area contributed by atoms with Gasteiger partial charge < -0.3 is 11.8 Å². The molecule has 0 atom stereocenters. The topological polar surface area (TPSA) is 23.8 Å². The molecule has 0 aromatic heterocycles. The van der Waals surface area contributed by atoms with Crippen LogP contribution in [0.5, 0.6) is 0 Å². The zero-order chi connectivity index (χ0) is 2.00. The molecule has 0 fully saturated rings. The summed E-state index contributed by atoms with van der Waals surface area (Å²) in [6, 6.07) is 0. The fraction of sp³-hybridized carbons (Fsp3) is 0. The van der Waals surface area contributed by atoms with Crippen molar-refractivity contribution in [3.8, 4) is 0 Å². The molecule has 0 bridgehead atoms. The van der Waals surface area contributed by atoms with Gasteiger partial charge in [0.1, 0.15) is 0 Å². The number of hydrogen-bond donors (Lipinski definition) is 0. The first-order valence-corrected chi connectivity index (χ1v) is 0.224. The second kappa shape index (κ2) is 85.4. The molecule has 0 saturated carbocycles. The van der Waals surface area contributed by atoms with Gasteiger partial charge in [-0.15, -0.1) is 0 Å². The van der Waals surface area contributed by atoms with Crippen molar-refractivity contribution in [3.05, 3.63) is 6.57 Å². The molecule has 1 nitrogen and oxygen atoms in total. The van der Waals surface area contributed by atoms with Gasteiger partial charge >= 0.3 is 0 Å². The Balaban J connectivity index is -0.000000000833. The van der Waals surface area contributed by atoms with Gasteiger partial charge in [-0.05, 0) is 0 Å². The Hall–Kier alpha value is 1.53. The molecular formula is CCoFe2NNi-. The van der Waals surface area contributed by atoms with Crippen LogP contribution in [0, 0.1) is 11.8 Å². The SMILES string of the molecule is [C-]#N.[Co].[Fe].[Fe].[Ni]. The van der Waals surface area contributed by atoms with Gasteiger partial charge in [-0.2, -0.15) is 0 Å². The van der Waals surface area contributed by atoms with Crippen molar-refractivity contribution in [3.63, 3.8) is 0 Å². The molecule has 0 rings (SSSR count). The van der Waals surface area contributed by atoms with E-state index in [0.29, 0.717) is 0 Å². The van der Waals surface area contributed by atoms with Gasteiger partial charge in [-0.1, -0.05) is 0 Å². The van der Waals surface area contributed by atoms with E-state index in [1.54, 1.807) is 0 Å². The maximum atomic E-state index is 6.25. The van der Waals surface area contributed by atoms with Crippen molar-refractivity contribution in [2.24, 2.45) is 0 Å². The molecule has 0 saturated heterocycles. The maximum Gasteiger partial charge on any atom is 0 e. The van der Waals surface area contributed by atoms with Crippen LogP contribution < -0.4 is 0 Å². The van der Waals surface area contributed by atoms with Crippen LogP contribution in [0.3, 0.4) is 0 Å². The monoisotopic (exact) mass is 255 g/mol. The third-order valence-corrected chi connectivity index (χ3v) is 0. The third-order valence-electron chi connectivity index (χ3n) is 0. The van der Waals surface area contributed by atoms with Gasteiger partial charge in [0.2, 0.25) is 0 Å². The van der Waals surface area contributed by atoms with Crippen LogP contribution in [0.1, 0.15) is 0 Å². The van der Waals surface area contributed by atoms with Crippen LogP contribution >= 0.6 is 0 Å². The first kappa shape index (κ1) is 50.2. The molecule has 0 aromatic rings. The quantitative estimate of drug-likeness (QED) is 0.444. The Morgan fingerprint density at radius 3 is 1.00 bits per heavy atom. The summed E-state index contributed by atoms with van der Waals surface area (Å²) in [7, 11) is 0. The third kappa shape index (κ3) is 48.5. The van der Waals surface area contributed by atoms with Crippen molar-refractivity contribution in [2.45, 2.75) is 0 Å². The first-order chi connectivity index (χ1) is 1.00. The first-order valence-electron chi connectivity index (χ1n) is 0.224. The summed E-state index contributed by atoms with van der Waals surface area (Å²) in [5, 5.41) is 6.25. The molecule has 0 amide bonds. The van der Waals surface area contributed by atoms with Crippen molar-refractivity contribution < 1.29 is 67.4 Å². The minimum atomic E-state index is 0. The maximum absolute atomic E-state index is 6.25. The van der Waals surface area contributed by atoms with Crippen molar-refractivity contribution in [1.29, 1.82) is 5.26 Å². The van der Waals surface area contributed by atoms with Crippen LogP contribution in [-0.4, -0.2) is 0 Å². The van der Waals surface area contributed by atoms with E-state index in [1.165, 1.54) is 0 Å². The molecule has 6 heavy (non-hydrogen) atoms. The van der Waals surface area contributed by atoms with Gasteiger partial charge in [0.25, 0.3) is 0 Å². The molecule has 1 radical (unpaired) electrons. The summed E-state index contributed by atoms with van der Waals surface area (Å²) >= 11 is 0. The van der Waals surface area contributed by atoms with Crippen LogP contribution in [-0.2, 0) is 67.4 Å². The van der Waals surface area contributed by atoms with E-state index >= 15 is 0 Å². The van der Waals surface area contributed by atoms with E-state index < -0.39 is 0 Å². The second-order valence-electron chi connectivity index (χ2n) is 0. The molecule has 0 N–H and O–H groups in total. The summed E-state index contributed by atoms with van der Waals surface area (Å²) < 4.78 is 0. The Morgan fingerprint density at radius 1 is 1.00 bits per heavy atom. The fourth-order valence-electron chi connectivity index (χ4n) is 0. The summed E-state index contributed by atoms with van der Waals surface area (Å²) in [6.45, 7) is 4.75. The molecule has 45 valence electrons. The summed E-state index contributed by atoms with van der Waals surface area (Å²) in [4.78, 5) is 0. The number of nitrogens with zero attached hydrogens (tertiary/aromatic N) is 1. The van der Waals surface area contributed by atoms with Gasteiger partial charge in [0.05, 0.1) is 0 Å². The van der Waals surface area contributed by atoms with E-state index in [0.717, 1.165) is 0 Å². The van der Waals surface area contributed by atoms with Gasteiger partial charge in [-0.3, -0.25) is 0 Å². The molecule has 0 aliphatic heterocycles. The Morgan fingerprint density at radius 2 is 1.00 bits per heavy atom. The normalized spacial score (nSPS) is 0.333. The smallest absolute Gasteiger partial charge is 0 e. The van der Waals surface area contributed by atoms with E-state index in [4.69, 9.17) is 11.8 Å². The number of hydrogen-bond acceptors (Lipinski definition) is 1. The van der Waals surface area contributed by atoms with Crippen LogP contribution in [0.25, 0.3) is 0 Å². The number of rotatable bonds is 0. The van der Waals surface area contributed by atoms with Crippen molar-refractivity contribution in [1.82, 2.24) is 0 Å². The van der Waals surface area contributed by atoms with Crippen LogP contribution in [0.15, 0.2) is 0 Å². The largest absolute Gasteiger partial charge is 0.512 e. The molecule has 0 unspecified atom stereocenters. The van der Waals surface area contributed by atoms with Crippen molar-refractivity contribution >= 4 is 0 Å². The zero-order valence-corrected chi connectivity index (χ0v) is 6.54. The van der Waals surface area contributed by atoms with Gasteiger partial charge in [0, 0.05) is 67.4 Å².